The molecule has 0 atom stereocenters. The van der Waals surface area contributed by atoms with Crippen LogP contribution in [0, 0.1) is 0 Å². The van der Waals surface area contributed by atoms with Crippen LogP contribution in [0.25, 0.3) is 5.69 Å². The molecule has 0 amide bonds. The van der Waals surface area contributed by atoms with Crippen LogP contribution in [0.4, 0.5) is 5.69 Å². The second-order valence-electron chi connectivity index (χ2n) is 4.01. The van der Waals surface area contributed by atoms with Gasteiger partial charge in [0.25, 0.3) is 0 Å². The van der Waals surface area contributed by atoms with Crippen molar-refractivity contribution >= 4 is 27.4 Å². The first-order valence-electron chi connectivity index (χ1n) is 5.68. The Morgan fingerprint density at radius 1 is 1.39 bits per heavy atom. The van der Waals surface area contributed by atoms with Crippen LogP contribution in [0.15, 0.2) is 28.7 Å². The van der Waals surface area contributed by atoms with Crippen LogP contribution < -0.4 is 5.73 Å². The Morgan fingerprint density at radius 3 is 2.50 bits per heavy atom. The molecule has 0 saturated heterocycles. The summed E-state index contributed by atoms with van der Waals surface area (Å²) in [7, 11) is 0. The van der Waals surface area contributed by atoms with Gasteiger partial charge in [0.2, 0.25) is 0 Å². The van der Waals surface area contributed by atoms with Gasteiger partial charge in [-0.2, -0.15) is 5.10 Å². The molecule has 2 rings (SSSR count). The number of nitrogens with zero attached hydrogens (tertiary/aromatic N) is 2. The fourth-order valence-corrected chi connectivity index (χ4v) is 2.13. The maximum Gasteiger partial charge on any atom is 0.182 e. The van der Waals surface area contributed by atoms with Crippen molar-refractivity contribution < 1.29 is 4.79 Å². The van der Waals surface area contributed by atoms with Gasteiger partial charge >= 0.3 is 0 Å². The molecule has 1 heterocycles. The summed E-state index contributed by atoms with van der Waals surface area (Å²) in [5.41, 5.74) is 8.55. The van der Waals surface area contributed by atoms with Crippen LogP contribution in [0.5, 0.6) is 0 Å². The number of carbonyl (C=O) groups excluding carboxylic acids is 1. The van der Waals surface area contributed by atoms with Gasteiger partial charge < -0.3 is 5.73 Å². The Bertz CT molecular complexity index is 587. The van der Waals surface area contributed by atoms with Gasteiger partial charge in [-0.1, -0.05) is 22.9 Å². The van der Waals surface area contributed by atoms with E-state index in [1.54, 1.807) is 4.68 Å². The highest BCUT2D eigenvalue weighted by Gasteiger charge is 2.17. The number of rotatable bonds is 3. The first-order chi connectivity index (χ1) is 8.54. The van der Waals surface area contributed by atoms with E-state index in [2.05, 4.69) is 21.0 Å². The third-order valence-electron chi connectivity index (χ3n) is 2.76. The van der Waals surface area contributed by atoms with Crippen molar-refractivity contribution in [2.45, 2.75) is 20.3 Å². The molecular formula is C13H14BrN3O. The minimum Gasteiger partial charge on any atom is -0.395 e. The molecule has 5 heteroatoms. The van der Waals surface area contributed by atoms with E-state index in [0.29, 0.717) is 11.4 Å². The number of hydrogen-bond acceptors (Lipinski definition) is 3. The lowest BCUT2D eigenvalue weighted by Crippen LogP contribution is -2.02. The quantitative estimate of drug-likeness (QED) is 0.887. The molecule has 2 aromatic rings. The van der Waals surface area contributed by atoms with Crippen molar-refractivity contribution in [1.29, 1.82) is 0 Å². The third kappa shape index (κ3) is 2.18. The maximum atomic E-state index is 11.5. The minimum atomic E-state index is -0.113. The lowest BCUT2D eigenvalue weighted by Gasteiger charge is -2.06. The second-order valence-corrected chi connectivity index (χ2v) is 4.92. The molecule has 0 unspecified atom stereocenters. The normalized spacial score (nSPS) is 10.6. The van der Waals surface area contributed by atoms with E-state index >= 15 is 0 Å². The van der Waals surface area contributed by atoms with Gasteiger partial charge in [0.05, 0.1) is 17.1 Å². The van der Waals surface area contributed by atoms with Crippen molar-refractivity contribution in [3.8, 4) is 5.69 Å². The Morgan fingerprint density at radius 2 is 2.00 bits per heavy atom. The highest BCUT2D eigenvalue weighted by molar-refractivity contribution is 9.10. The number of halogens is 1. The summed E-state index contributed by atoms with van der Waals surface area (Å²) >= 11 is 3.39. The number of carbonyl (C=O) groups is 1. The van der Waals surface area contributed by atoms with E-state index < -0.39 is 0 Å². The molecule has 2 N–H and O–H groups in total. The van der Waals surface area contributed by atoms with Crippen LogP contribution in [-0.2, 0) is 6.42 Å². The SMILES string of the molecule is CCc1c(N)c(C(C)=O)nn1-c1ccc(Br)cc1. The number of nitrogen functional groups attached to an aromatic ring is 1. The average molecular weight is 308 g/mol. The van der Waals surface area contributed by atoms with Gasteiger partial charge in [-0.25, -0.2) is 4.68 Å². The molecule has 0 aliphatic carbocycles. The van der Waals surface area contributed by atoms with Crippen LogP contribution in [0.2, 0.25) is 0 Å². The predicted molar refractivity (Wildman–Crippen MR) is 75.1 cm³/mol. The minimum absolute atomic E-state index is 0.113. The molecule has 0 fully saturated rings. The fourth-order valence-electron chi connectivity index (χ4n) is 1.86. The summed E-state index contributed by atoms with van der Waals surface area (Å²) in [5.74, 6) is -0.113. The van der Waals surface area contributed by atoms with Gasteiger partial charge in [-0.05, 0) is 30.7 Å². The highest BCUT2D eigenvalue weighted by atomic mass is 79.9. The fraction of sp³-hybridized carbons (Fsp3) is 0.231. The Labute approximate surface area is 114 Å². The number of aromatic nitrogens is 2. The molecule has 1 aromatic carbocycles. The Hall–Kier alpha value is -1.62. The largest absolute Gasteiger partial charge is 0.395 e. The van der Waals surface area contributed by atoms with Gasteiger partial charge in [0, 0.05) is 11.4 Å². The van der Waals surface area contributed by atoms with Gasteiger partial charge in [-0.3, -0.25) is 4.79 Å². The number of benzene rings is 1. The molecule has 0 radical (unpaired) electrons. The average Bonchev–Trinajstić information content (AvgIpc) is 2.67. The van der Waals surface area contributed by atoms with E-state index in [9.17, 15) is 4.79 Å². The standard InChI is InChI=1S/C13H14BrN3O/c1-3-11-12(15)13(8(2)18)16-17(11)10-6-4-9(14)5-7-10/h4-7H,3,15H2,1-2H3. The van der Waals surface area contributed by atoms with Gasteiger partial charge in [0.1, 0.15) is 0 Å². The summed E-state index contributed by atoms with van der Waals surface area (Å²) in [4.78, 5) is 11.5. The number of Topliss-reactive ketones (excluding diaryl/α,β-unsaturated/α-hetero) is 1. The van der Waals surface area contributed by atoms with Crippen molar-refractivity contribution in [2.24, 2.45) is 0 Å². The maximum absolute atomic E-state index is 11.5. The number of ketones is 1. The van der Waals surface area contributed by atoms with E-state index in [4.69, 9.17) is 5.73 Å². The summed E-state index contributed by atoms with van der Waals surface area (Å²) < 4.78 is 2.73. The zero-order chi connectivity index (χ0) is 13.3. The molecule has 18 heavy (non-hydrogen) atoms. The molecule has 94 valence electrons. The first-order valence-corrected chi connectivity index (χ1v) is 6.48. The van der Waals surface area contributed by atoms with Crippen molar-refractivity contribution in [3.05, 3.63) is 40.1 Å². The van der Waals surface area contributed by atoms with E-state index in [1.807, 2.05) is 31.2 Å². The van der Waals surface area contributed by atoms with Crippen LogP contribution in [0.1, 0.15) is 30.0 Å². The first kappa shape index (κ1) is 12.8. The lowest BCUT2D eigenvalue weighted by atomic mass is 10.2. The molecule has 1 aromatic heterocycles. The third-order valence-corrected chi connectivity index (χ3v) is 3.29. The van der Waals surface area contributed by atoms with Crippen molar-refractivity contribution in [3.63, 3.8) is 0 Å². The van der Waals surface area contributed by atoms with E-state index in [1.165, 1.54) is 6.92 Å². The number of hydrogen-bond donors (Lipinski definition) is 1. The van der Waals surface area contributed by atoms with Gasteiger partial charge in [0.15, 0.2) is 11.5 Å². The lowest BCUT2D eigenvalue weighted by molar-refractivity contribution is 0.101. The van der Waals surface area contributed by atoms with Crippen LogP contribution in [-0.4, -0.2) is 15.6 Å². The number of nitrogens with two attached hydrogens (primary N) is 1. The molecule has 0 saturated carbocycles. The summed E-state index contributed by atoms with van der Waals surface area (Å²) in [5, 5.41) is 4.31. The molecule has 4 nitrogen and oxygen atoms in total. The van der Waals surface area contributed by atoms with E-state index in [0.717, 1.165) is 22.3 Å². The second kappa shape index (κ2) is 4.94. The topological polar surface area (TPSA) is 60.9 Å². The van der Waals surface area contributed by atoms with Crippen molar-refractivity contribution in [2.75, 3.05) is 5.73 Å². The Balaban J connectivity index is 2.60. The zero-order valence-corrected chi connectivity index (χ0v) is 11.9. The van der Waals surface area contributed by atoms with E-state index in [-0.39, 0.29) is 5.78 Å². The molecular weight excluding hydrogens is 294 g/mol. The Kier molecular flexibility index (Phi) is 3.52. The van der Waals surface area contributed by atoms with Crippen LogP contribution in [0.3, 0.4) is 0 Å². The summed E-state index contributed by atoms with van der Waals surface area (Å²) in [6.07, 6.45) is 0.724. The molecule has 0 aliphatic rings. The highest BCUT2D eigenvalue weighted by Crippen LogP contribution is 2.23. The summed E-state index contributed by atoms with van der Waals surface area (Å²) in [6, 6.07) is 7.72. The molecule has 0 aliphatic heterocycles. The zero-order valence-electron chi connectivity index (χ0n) is 10.3. The van der Waals surface area contributed by atoms with Gasteiger partial charge in [-0.15, -0.1) is 0 Å². The summed E-state index contributed by atoms with van der Waals surface area (Å²) in [6.45, 7) is 3.47. The molecule has 0 bridgehead atoms. The monoisotopic (exact) mass is 307 g/mol. The smallest absolute Gasteiger partial charge is 0.182 e. The van der Waals surface area contributed by atoms with Crippen LogP contribution >= 0.6 is 15.9 Å². The number of anilines is 1. The predicted octanol–water partition coefficient (Wildman–Crippen LogP) is 2.98. The van der Waals surface area contributed by atoms with Crippen molar-refractivity contribution in [1.82, 2.24) is 9.78 Å². The molecule has 0 spiro atoms.